The van der Waals surface area contributed by atoms with Gasteiger partial charge in [0.2, 0.25) is 5.91 Å². The zero-order valence-corrected chi connectivity index (χ0v) is 15.9. The van der Waals surface area contributed by atoms with Crippen LogP contribution in [-0.2, 0) is 16.1 Å². The smallest absolute Gasteiger partial charge is 0.317 e. The maximum absolute atomic E-state index is 12.9. The summed E-state index contributed by atoms with van der Waals surface area (Å²) in [5, 5.41) is 2.79. The summed E-state index contributed by atoms with van der Waals surface area (Å²) in [5.41, 5.74) is 0. The predicted molar refractivity (Wildman–Crippen MR) is 98.7 cm³/mol. The van der Waals surface area contributed by atoms with E-state index in [9.17, 15) is 9.59 Å². The van der Waals surface area contributed by atoms with E-state index in [0.29, 0.717) is 26.2 Å². The van der Waals surface area contributed by atoms with Gasteiger partial charge < -0.3 is 24.3 Å². The van der Waals surface area contributed by atoms with Crippen molar-refractivity contribution in [1.82, 2.24) is 15.1 Å². The number of nitrogens with zero attached hydrogens (tertiary/aromatic N) is 2. The van der Waals surface area contributed by atoms with Gasteiger partial charge in [-0.2, -0.15) is 0 Å². The van der Waals surface area contributed by atoms with Crippen molar-refractivity contribution in [2.45, 2.75) is 52.2 Å². The van der Waals surface area contributed by atoms with Crippen LogP contribution in [0.25, 0.3) is 0 Å². The quantitative estimate of drug-likeness (QED) is 0.692. The number of carbonyl (C=O) groups excluding carboxylic acids is 2. The van der Waals surface area contributed by atoms with Crippen molar-refractivity contribution in [3.63, 3.8) is 0 Å². The second-order valence-electron chi connectivity index (χ2n) is 6.60. The molecule has 0 radical (unpaired) electrons. The van der Waals surface area contributed by atoms with E-state index < -0.39 is 0 Å². The molecule has 0 spiro atoms. The lowest BCUT2D eigenvalue weighted by Crippen LogP contribution is -2.48. The number of hydrogen-bond acceptors (Lipinski definition) is 4. The van der Waals surface area contributed by atoms with Crippen molar-refractivity contribution in [3.05, 3.63) is 24.2 Å². The standard InChI is InChI=1S/C19H31N3O4/c1-3-5-10-21(19(24)20-4-2)15-18(23)22(13-16-8-6-11-25-16)14-17-9-7-12-26-17/h6,8,11,17H,3-5,7,9-10,12-15H2,1-2H3,(H,20,24)/t17-/m0/s1. The Morgan fingerprint density at radius 3 is 2.77 bits per heavy atom. The van der Waals surface area contributed by atoms with Gasteiger partial charge in [-0.15, -0.1) is 0 Å². The van der Waals surface area contributed by atoms with E-state index in [1.165, 1.54) is 0 Å². The van der Waals surface area contributed by atoms with Gasteiger partial charge in [-0.1, -0.05) is 13.3 Å². The number of ether oxygens (including phenoxy) is 1. The van der Waals surface area contributed by atoms with E-state index in [2.05, 4.69) is 12.2 Å². The highest BCUT2D eigenvalue weighted by molar-refractivity contribution is 5.84. The molecule has 1 N–H and O–H groups in total. The molecular formula is C19H31N3O4. The van der Waals surface area contributed by atoms with Crippen LogP contribution in [0.2, 0.25) is 0 Å². The summed E-state index contributed by atoms with van der Waals surface area (Å²) in [5.74, 6) is 0.647. The fourth-order valence-electron chi connectivity index (χ4n) is 3.01. The first-order valence-electron chi connectivity index (χ1n) is 9.58. The van der Waals surface area contributed by atoms with Crippen LogP contribution in [0.3, 0.4) is 0 Å². The van der Waals surface area contributed by atoms with Gasteiger partial charge in [0.25, 0.3) is 0 Å². The van der Waals surface area contributed by atoms with Gasteiger partial charge in [0.1, 0.15) is 12.3 Å². The molecule has 26 heavy (non-hydrogen) atoms. The summed E-state index contributed by atoms with van der Waals surface area (Å²) in [6, 6.07) is 3.48. The Morgan fingerprint density at radius 2 is 2.15 bits per heavy atom. The molecule has 0 bridgehead atoms. The van der Waals surface area contributed by atoms with Crippen LogP contribution in [0.4, 0.5) is 4.79 Å². The van der Waals surface area contributed by atoms with Crippen LogP contribution in [0, 0.1) is 0 Å². The van der Waals surface area contributed by atoms with Crippen LogP contribution in [0.5, 0.6) is 0 Å². The van der Waals surface area contributed by atoms with Crippen LogP contribution in [0.1, 0.15) is 45.3 Å². The van der Waals surface area contributed by atoms with Crippen LogP contribution in [-0.4, -0.2) is 60.6 Å². The molecule has 0 unspecified atom stereocenters. The number of amides is 3. The fraction of sp³-hybridized carbons (Fsp3) is 0.684. The molecule has 1 saturated heterocycles. The molecule has 1 atom stereocenters. The summed E-state index contributed by atoms with van der Waals surface area (Å²) < 4.78 is 11.1. The molecule has 3 amide bonds. The Hall–Kier alpha value is -2.02. The van der Waals surface area contributed by atoms with E-state index in [1.54, 1.807) is 16.1 Å². The molecule has 1 aromatic rings. The van der Waals surface area contributed by atoms with Crippen molar-refractivity contribution in [2.75, 3.05) is 32.8 Å². The molecule has 0 aromatic carbocycles. The van der Waals surface area contributed by atoms with Gasteiger partial charge in [0, 0.05) is 26.2 Å². The second kappa shape index (κ2) is 10.9. The number of hydrogen-bond donors (Lipinski definition) is 1. The Morgan fingerprint density at radius 1 is 1.31 bits per heavy atom. The van der Waals surface area contributed by atoms with Crippen molar-refractivity contribution in [3.8, 4) is 0 Å². The molecule has 2 rings (SSSR count). The number of nitrogens with one attached hydrogen (secondary N) is 1. The second-order valence-corrected chi connectivity index (χ2v) is 6.60. The highest BCUT2D eigenvalue weighted by Gasteiger charge is 2.26. The average Bonchev–Trinajstić information content (AvgIpc) is 3.32. The van der Waals surface area contributed by atoms with E-state index in [1.807, 2.05) is 19.1 Å². The maximum Gasteiger partial charge on any atom is 0.317 e. The first-order chi connectivity index (χ1) is 12.6. The number of unbranched alkanes of at least 4 members (excludes halogenated alkanes) is 1. The summed E-state index contributed by atoms with van der Waals surface area (Å²) >= 11 is 0. The normalized spacial score (nSPS) is 16.5. The van der Waals surface area contributed by atoms with Gasteiger partial charge >= 0.3 is 6.03 Å². The van der Waals surface area contributed by atoms with Crippen LogP contribution in [0.15, 0.2) is 22.8 Å². The molecule has 0 saturated carbocycles. The zero-order chi connectivity index (χ0) is 18.8. The van der Waals surface area contributed by atoms with E-state index in [0.717, 1.165) is 38.1 Å². The lowest BCUT2D eigenvalue weighted by Gasteiger charge is -2.28. The monoisotopic (exact) mass is 365 g/mol. The summed E-state index contributed by atoms with van der Waals surface area (Å²) in [6.45, 7) is 6.79. The molecule has 146 valence electrons. The molecule has 7 nitrogen and oxygen atoms in total. The molecule has 1 aliphatic heterocycles. The fourth-order valence-corrected chi connectivity index (χ4v) is 3.01. The minimum atomic E-state index is -0.190. The largest absolute Gasteiger partial charge is 0.467 e. The van der Waals surface area contributed by atoms with Crippen molar-refractivity contribution >= 4 is 11.9 Å². The van der Waals surface area contributed by atoms with Crippen LogP contribution >= 0.6 is 0 Å². The molecule has 0 aliphatic carbocycles. The third kappa shape index (κ3) is 6.37. The molecule has 1 aromatic heterocycles. The Balaban J connectivity index is 2.02. The third-order valence-electron chi connectivity index (χ3n) is 4.45. The van der Waals surface area contributed by atoms with Gasteiger partial charge in [-0.25, -0.2) is 4.79 Å². The zero-order valence-electron chi connectivity index (χ0n) is 15.9. The molecule has 1 fully saturated rings. The van der Waals surface area contributed by atoms with Gasteiger partial charge in [0.05, 0.1) is 18.9 Å². The first kappa shape index (κ1) is 20.3. The predicted octanol–water partition coefficient (Wildman–Crippen LogP) is 2.62. The number of furan rings is 1. The lowest BCUT2D eigenvalue weighted by molar-refractivity contribution is -0.134. The van der Waals surface area contributed by atoms with E-state index >= 15 is 0 Å². The minimum absolute atomic E-state index is 0.0578. The van der Waals surface area contributed by atoms with Gasteiger partial charge in [-0.05, 0) is 38.3 Å². The summed E-state index contributed by atoms with van der Waals surface area (Å²) in [6.07, 6.45) is 5.48. The van der Waals surface area contributed by atoms with Crippen molar-refractivity contribution in [2.24, 2.45) is 0 Å². The summed E-state index contributed by atoms with van der Waals surface area (Å²) in [4.78, 5) is 28.6. The average molecular weight is 365 g/mol. The highest BCUT2D eigenvalue weighted by atomic mass is 16.5. The molecule has 7 heteroatoms. The molecule has 2 heterocycles. The van der Waals surface area contributed by atoms with Gasteiger partial charge in [0.15, 0.2) is 0 Å². The highest BCUT2D eigenvalue weighted by Crippen LogP contribution is 2.16. The number of rotatable bonds is 10. The van der Waals surface area contributed by atoms with Gasteiger partial charge in [-0.3, -0.25) is 4.79 Å². The van der Waals surface area contributed by atoms with Crippen molar-refractivity contribution < 1.29 is 18.7 Å². The topological polar surface area (TPSA) is 75.0 Å². The Labute approximate surface area is 155 Å². The lowest BCUT2D eigenvalue weighted by atomic mass is 10.2. The van der Waals surface area contributed by atoms with Crippen LogP contribution < -0.4 is 5.32 Å². The van der Waals surface area contributed by atoms with Crippen molar-refractivity contribution in [1.29, 1.82) is 0 Å². The number of carbonyl (C=O) groups is 2. The maximum atomic E-state index is 12.9. The SMILES string of the molecule is CCCCN(CC(=O)N(Cc1ccco1)C[C@@H]1CCCO1)C(=O)NCC. The molecule has 1 aliphatic rings. The Kier molecular flexibility index (Phi) is 8.47. The molecular weight excluding hydrogens is 334 g/mol. The third-order valence-corrected chi connectivity index (χ3v) is 4.45. The van der Waals surface area contributed by atoms with E-state index in [-0.39, 0.29) is 24.6 Å². The minimum Gasteiger partial charge on any atom is -0.467 e. The number of urea groups is 1. The Bertz CT molecular complexity index is 541. The first-order valence-corrected chi connectivity index (χ1v) is 9.58. The van der Waals surface area contributed by atoms with E-state index in [4.69, 9.17) is 9.15 Å². The summed E-state index contributed by atoms with van der Waals surface area (Å²) in [7, 11) is 0.